The minimum Gasteiger partial charge on any atom is -0.326 e. The molecule has 0 aromatic rings. The monoisotopic (exact) mass is 213 g/mol. The smallest absolute Gasteiger partial charge is 0.0193 e. The SMILES string of the molecule is CC[C@@H](C)[C@H](N)CN1CCN(CC)CC1. The minimum atomic E-state index is 0.350. The molecule has 0 bridgehead atoms. The van der Waals surface area contributed by atoms with Crippen molar-refractivity contribution in [2.75, 3.05) is 39.3 Å². The van der Waals surface area contributed by atoms with E-state index in [0.29, 0.717) is 12.0 Å². The Morgan fingerprint density at radius 3 is 2.07 bits per heavy atom. The summed E-state index contributed by atoms with van der Waals surface area (Å²) in [7, 11) is 0. The molecule has 0 radical (unpaired) electrons. The van der Waals surface area contributed by atoms with Crippen molar-refractivity contribution >= 4 is 0 Å². The Hall–Kier alpha value is -0.120. The van der Waals surface area contributed by atoms with E-state index >= 15 is 0 Å². The molecule has 1 rings (SSSR count). The number of likely N-dealkylation sites (N-methyl/N-ethyl adjacent to an activating group) is 1. The quantitative estimate of drug-likeness (QED) is 0.739. The van der Waals surface area contributed by atoms with Crippen LogP contribution < -0.4 is 5.73 Å². The van der Waals surface area contributed by atoms with Gasteiger partial charge in [0.25, 0.3) is 0 Å². The lowest BCUT2D eigenvalue weighted by atomic mass is 9.99. The third-order valence-electron chi connectivity index (χ3n) is 3.76. The van der Waals surface area contributed by atoms with Crippen LogP contribution in [0.5, 0.6) is 0 Å². The van der Waals surface area contributed by atoms with Crippen LogP contribution in [0.25, 0.3) is 0 Å². The fraction of sp³-hybridized carbons (Fsp3) is 1.00. The van der Waals surface area contributed by atoms with Crippen LogP contribution in [0.15, 0.2) is 0 Å². The standard InChI is InChI=1S/C12H27N3/c1-4-11(3)12(13)10-15-8-6-14(5-2)7-9-15/h11-12H,4-10,13H2,1-3H3/t11-,12-/m1/s1. The van der Waals surface area contributed by atoms with Gasteiger partial charge in [0.05, 0.1) is 0 Å². The van der Waals surface area contributed by atoms with Crippen LogP contribution in [-0.4, -0.2) is 55.1 Å². The average Bonchev–Trinajstić information content (AvgIpc) is 2.29. The third kappa shape index (κ3) is 4.09. The van der Waals surface area contributed by atoms with Gasteiger partial charge in [-0.15, -0.1) is 0 Å². The minimum absolute atomic E-state index is 0.350. The molecule has 1 aliphatic rings. The summed E-state index contributed by atoms with van der Waals surface area (Å²) in [5, 5.41) is 0. The lowest BCUT2D eigenvalue weighted by Gasteiger charge is -2.36. The molecule has 0 spiro atoms. The molecule has 2 atom stereocenters. The molecular formula is C12H27N3. The third-order valence-corrected chi connectivity index (χ3v) is 3.76. The molecule has 90 valence electrons. The summed E-state index contributed by atoms with van der Waals surface area (Å²) in [6, 6.07) is 0.350. The molecule has 0 aliphatic carbocycles. The number of rotatable bonds is 5. The van der Waals surface area contributed by atoms with Gasteiger partial charge in [-0.2, -0.15) is 0 Å². The molecule has 3 nitrogen and oxygen atoms in total. The van der Waals surface area contributed by atoms with E-state index in [9.17, 15) is 0 Å². The number of hydrogen-bond donors (Lipinski definition) is 1. The molecule has 1 saturated heterocycles. The van der Waals surface area contributed by atoms with E-state index < -0.39 is 0 Å². The fourth-order valence-corrected chi connectivity index (χ4v) is 2.07. The van der Waals surface area contributed by atoms with Gasteiger partial charge < -0.3 is 10.6 Å². The van der Waals surface area contributed by atoms with Gasteiger partial charge in [0.1, 0.15) is 0 Å². The second kappa shape index (κ2) is 6.46. The first-order valence-electron chi connectivity index (χ1n) is 6.37. The topological polar surface area (TPSA) is 32.5 Å². The first-order chi connectivity index (χ1) is 7.17. The highest BCUT2D eigenvalue weighted by molar-refractivity contribution is 4.77. The molecule has 0 aromatic heterocycles. The van der Waals surface area contributed by atoms with Crippen molar-refractivity contribution in [2.45, 2.75) is 33.2 Å². The Labute approximate surface area is 94.6 Å². The van der Waals surface area contributed by atoms with E-state index in [2.05, 4.69) is 30.6 Å². The molecule has 0 saturated carbocycles. The largest absolute Gasteiger partial charge is 0.326 e. The van der Waals surface area contributed by atoms with Gasteiger partial charge in [-0.25, -0.2) is 0 Å². The van der Waals surface area contributed by atoms with Crippen LogP contribution in [0.1, 0.15) is 27.2 Å². The Bertz CT molecular complexity index is 164. The van der Waals surface area contributed by atoms with Crippen molar-refractivity contribution in [3.8, 4) is 0 Å². The highest BCUT2D eigenvalue weighted by Gasteiger charge is 2.19. The van der Waals surface area contributed by atoms with E-state index in [1.807, 2.05) is 0 Å². The van der Waals surface area contributed by atoms with Gasteiger partial charge in [0.15, 0.2) is 0 Å². The molecule has 0 aromatic carbocycles. The van der Waals surface area contributed by atoms with Gasteiger partial charge in [-0.1, -0.05) is 27.2 Å². The highest BCUT2D eigenvalue weighted by Crippen LogP contribution is 2.08. The summed E-state index contributed by atoms with van der Waals surface area (Å²) in [5.74, 6) is 0.647. The van der Waals surface area contributed by atoms with Crippen molar-refractivity contribution in [1.82, 2.24) is 9.80 Å². The molecule has 3 heteroatoms. The van der Waals surface area contributed by atoms with Crippen LogP contribution in [0, 0.1) is 5.92 Å². The maximum Gasteiger partial charge on any atom is 0.0193 e. The van der Waals surface area contributed by atoms with Crippen molar-refractivity contribution in [2.24, 2.45) is 11.7 Å². The Balaban J connectivity index is 2.23. The maximum atomic E-state index is 6.17. The molecule has 1 aliphatic heterocycles. The van der Waals surface area contributed by atoms with Crippen LogP contribution in [0.3, 0.4) is 0 Å². The van der Waals surface area contributed by atoms with Gasteiger partial charge in [0.2, 0.25) is 0 Å². The summed E-state index contributed by atoms with van der Waals surface area (Å²) in [4.78, 5) is 5.02. The van der Waals surface area contributed by atoms with Crippen LogP contribution in [0.4, 0.5) is 0 Å². The van der Waals surface area contributed by atoms with Gasteiger partial charge in [-0.05, 0) is 12.5 Å². The Kier molecular flexibility index (Phi) is 5.58. The first kappa shape index (κ1) is 12.9. The number of nitrogens with zero attached hydrogens (tertiary/aromatic N) is 2. The molecule has 0 amide bonds. The summed E-state index contributed by atoms with van der Waals surface area (Å²) < 4.78 is 0. The van der Waals surface area contributed by atoms with Gasteiger partial charge >= 0.3 is 0 Å². The molecule has 1 fully saturated rings. The van der Waals surface area contributed by atoms with Crippen molar-refractivity contribution in [1.29, 1.82) is 0 Å². The van der Waals surface area contributed by atoms with E-state index in [-0.39, 0.29) is 0 Å². The van der Waals surface area contributed by atoms with E-state index in [1.54, 1.807) is 0 Å². The fourth-order valence-electron chi connectivity index (χ4n) is 2.07. The van der Waals surface area contributed by atoms with Crippen LogP contribution >= 0.6 is 0 Å². The molecule has 15 heavy (non-hydrogen) atoms. The summed E-state index contributed by atoms with van der Waals surface area (Å²) in [6.45, 7) is 13.8. The summed E-state index contributed by atoms with van der Waals surface area (Å²) >= 11 is 0. The van der Waals surface area contributed by atoms with Gasteiger partial charge in [0, 0.05) is 38.8 Å². The molecular weight excluding hydrogens is 186 g/mol. The van der Waals surface area contributed by atoms with E-state index in [0.717, 1.165) is 6.54 Å². The second-order valence-corrected chi connectivity index (χ2v) is 4.78. The number of piperazine rings is 1. The second-order valence-electron chi connectivity index (χ2n) is 4.78. The number of hydrogen-bond acceptors (Lipinski definition) is 3. The predicted molar refractivity (Wildman–Crippen MR) is 66.0 cm³/mol. The van der Waals surface area contributed by atoms with E-state index in [4.69, 9.17) is 5.73 Å². The summed E-state index contributed by atoms with van der Waals surface area (Å²) in [6.07, 6.45) is 1.19. The van der Waals surface area contributed by atoms with Crippen LogP contribution in [0.2, 0.25) is 0 Å². The molecule has 0 unspecified atom stereocenters. The van der Waals surface area contributed by atoms with Crippen molar-refractivity contribution < 1.29 is 0 Å². The zero-order chi connectivity index (χ0) is 11.3. The maximum absolute atomic E-state index is 6.17. The van der Waals surface area contributed by atoms with Crippen molar-refractivity contribution in [3.63, 3.8) is 0 Å². The summed E-state index contributed by atoms with van der Waals surface area (Å²) in [5.41, 5.74) is 6.17. The molecule has 2 N–H and O–H groups in total. The zero-order valence-electron chi connectivity index (χ0n) is 10.6. The Morgan fingerprint density at radius 1 is 1.07 bits per heavy atom. The first-order valence-corrected chi connectivity index (χ1v) is 6.37. The normalized spacial score (nSPS) is 24.0. The molecule has 1 heterocycles. The Morgan fingerprint density at radius 2 is 1.60 bits per heavy atom. The van der Waals surface area contributed by atoms with E-state index in [1.165, 1.54) is 39.1 Å². The number of nitrogens with two attached hydrogens (primary N) is 1. The zero-order valence-corrected chi connectivity index (χ0v) is 10.6. The lowest BCUT2D eigenvalue weighted by Crippen LogP contribution is -2.50. The van der Waals surface area contributed by atoms with Crippen molar-refractivity contribution in [3.05, 3.63) is 0 Å². The highest BCUT2D eigenvalue weighted by atomic mass is 15.3. The average molecular weight is 213 g/mol. The van der Waals surface area contributed by atoms with Crippen LogP contribution in [-0.2, 0) is 0 Å². The predicted octanol–water partition coefficient (Wildman–Crippen LogP) is 0.997. The van der Waals surface area contributed by atoms with Gasteiger partial charge in [-0.3, -0.25) is 4.90 Å². The lowest BCUT2D eigenvalue weighted by molar-refractivity contribution is 0.125.